The van der Waals surface area contributed by atoms with Crippen LogP contribution in [-0.2, 0) is 0 Å². The summed E-state index contributed by atoms with van der Waals surface area (Å²) >= 11 is 6.10. The van der Waals surface area contributed by atoms with Gasteiger partial charge in [-0.15, -0.1) is 0 Å². The van der Waals surface area contributed by atoms with E-state index in [4.69, 9.17) is 17.3 Å². The van der Waals surface area contributed by atoms with Gasteiger partial charge in [0.25, 0.3) is 5.56 Å². The van der Waals surface area contributed by atoms with E-state index in [2.05, 4.69) is 25.9 Å². The number of rotatable bonds is 14. The molecule has 1 heterocycles. The molecule has 6 N–H and O–H groups in total. The van der Waals surface area contributed by atoms with E-state index in [9.17, 15) is 13.6 Å². The molecule has 0 saturated heterocycles. The van der Waals surface area contributed by atoms with Gasteiger partial charge in [0.2, 0.25) is 0 Å². The number of nitrogens with one attached hydrogen (secondary N) is 4. The number of fused-ring (bicyclic) bond motifs is 1. The van der Waals surface area contributed by atoms with E-state index in [1.807, 2.05) is 0 Å². The second-order valence-corrected chi connectivity index (χ2v) is 8.42. The smallest absolute Gasteiger partial charge is 0.259 e. The Morgan fingerprint density at radius 2 is 1.65 bits per heavy atom. The van der Waals surface area contributed by atoms with Crippen LogP contribution in [0.4, 0.5) is 14.5 Å². The average molecular weight is 493 g/mol. The molecule has 0 spiro atoms. The molecule has 1 aromatic heterocycles. The minimum atomic E-state index is -0.526. The molecule has 2 aromatic carbocycles. The number of aromatic amines is 1. The van der Waals surface area contributed by atoms with Gasteiger partial charge in [0.1, 0.15) is 17.5 Å². The van der Waals surface area contributed by atoms with E-state index >= 15 is 0 Å². The van der Waals surface area contributed by atoms with Crippen LogP contribution in [-0.4, -0.2) is 49.2 Å². The summed E-state index contributed by atoms with van der Waals surface area (Å²) in [5, 5.41) is 10.1. The Balaban J connectivity index is 1.52. The lowest BCUT2D eigenvalue weighted by Gasteiger charge is -2.11. The Hall–Kier alpha value is -2.59. The first-order valence-corrected chi connectivity index (χ1v) is 11.9. The Kier molecular flexibility index (Phi) is 10.2. The predicted molar refractivity (Wildman–Crippen MR) is 134 cm³/mol. The summed E-state index contributed by atoms with van der Waals surface area (Å²) in [6.45, 7) is 4.99. The summed E-state index contributed by atoms with van der Waals surface area (Å²) in [5.74, 6) is -0.823. The number of H-pyrrole nitrogens is 1. The monoisotopic (exact) mass is 492 g/mol. The molecule has 0 bridgehead atoms. The van der Waals surface area contributed by atoms with E-state index in [1.54, 1.807) is 0 Å². The van der Waals surface area contributed by atoms with Gasteiger partial charge in [0.05, 0.1) is 21.6 Å². The highest BCUT2D eigenvalue weighted by atomic mass is 35.5. The van der Waals surface area contributed by atoms with E-state index in [0.717, 1.165) is 57.9 Å². The molecule has 3 rings (SSSR count). The van der Waals surface area contributed by atoms with E-state index in [-0.39, 0.29) is 21.9 Å². The maximum atomic E-state index is 14.5. The summed E-state index contributed by atoms with van der Waals surface area (Å²) < 4.78 is 27.9. The third kappa shape index (κ3) is 7.46. The number of nitrogens with zero attached hydrogens (tertiary/aromatic N) is 1. The van der Waals surface area contributed by atoms with Crippen molar-refractivity contribution in [2.75, 3.05) is 44.6 Å². The summed E-state index contributed by atoms with van der Waals surface area (Å²) in [6, 6.07) is 6.49. The van der Waals surface area contributed by atoms with Crippen molar-refractivity contribution in [2.24, 2.45) is 5.73 Å². The van der Waals surface area contributed by atoms with Crippen LogP contribution >= 0.6 is 11.6 Å². The third-order valence-corrected chi connectivity index (χ3v) is 5.65. The Labute approximate surface area is 202 Å². The number of nitrogens with two attached hydrogens (primary N) is 1. The van der Waals surface area contributed by atoms with Crippen LogP contribution in [0.5, 0.6) is 0 Å². The highest BCUT2D eigenvalue weighted by molar-refractivity contribution is 6.33. The van der Waals surface area contributed by atoms with Gasteiger partial charge in [-0.3, -0.25) is 4.79 Å². The topological polar surface area (TPSA) is 108 Å². The standard InChI is InChI=1S/C24H31ClF2N6O/c25-19-13-16(26)5-6-17(19)23-32-21-15-22(20(27)14-18(21)24(34)33-23)31-12-4-11-30-9-2-1-8-29-10-3-7-28/h5-6,13-15,29-31H,1-4,7-12,28H2,(H,32,33,34). The zero-order valence-electron chi connectivity index (χ0n) is 19.0. The molecular formula is C24H31ClF2N6O. The molecule has 34 heavy (non-hydrogen) atoms. The SMILES string of the molecule is NCCCNCCCCNCCCNc1cc2nc(-c3ccc(F)cc3Cl)[nH]c(=O)c2cc1F. The van der Waals surface area contributed by atoms with E-state index in [0.29, 0.717) is 24.2 Å². The molecule has 0 unspecified atom stereocenters. The molecular weight excluding hydrogens is 462 g/mol. The van der Waals surface area contributed by atoms with Gasteiger partial charge >= 0.3 is 0 Å². The van der Waals surface area contributed by atoms with Crippen molar-refractivity contribution in [1.82, 2.24) is 20.6 Å². The van der Waals surface area contributed by atoms with Gasteiger partial charge in [-0.2, -0.15) is 0 Å². The molecule has 0 aliphatic heterocycles. The predicted octanol–water partition coefficient (Wildman–Crippen LogP) is 3.63. The van der Waals surface area contributed by atoms with Crippen molar-refractivity contribution in [3.05, 3.63) is 57.3 Å². The van der Waals surface area contributed by atoms with Crippen LogP contribution in [0.2, 0.25) is 5.02 Å². The lowest BCUT2D eigenvalue weighted by molar-refractivity contribution is 0.571. The van der Waals surface area contributed by atoms with Crippen LogP contribution < -0.4 is 27.2 Å². The van der Waals surface area contributed by atoms with Crippen molar-refractivity contribution in [2.45, 2.75) is 25.7 Å². The highest BCUT2D eigenvalue weighted by Crippen LogP contribution is 2.27. The van der Waals surface area contributed by atoms with Gasteiger partial charge < -0.3 is 26.7 Å². The molecule has 0 fully saturated rings. The first-order valence-electron chi connectivity index (χ1n) is 11.5. The molecule has 3 aromatic rings. The summed E-state index contributed by atoms with van der Waals surface area (Å²) in [5.41, 5.74) is 5.93. The average Bonchev–Trinajstić information content (AvgIpc) is 2.80. The fourth-order valence-electron chi connectivity index (χ4n) is 3.52. The maximum absolute atomic E-state index is 14.5. The fourth-order valence-corrected chi connectivity index (χ4v) is 3.77. The van der Waals surface area contributed by atoms with Crippen molar-refractivity contribution < 1.29 is 8.78 Å². The maximum Gasteiger partial charge on any atom is 0.259 e. The molecule has 184 valence electrons. The quantitative estimate of drug-likeness (QED) is 0.220. The minimum Gasteiger partial charge on any atom is -0.383 e. The number of hydrogen-bond acceptors (Lipinski definition) is 6. The van der Waals surface area contributed by atoms with Crippen LogP contribution in [0, 0.1) is 11.6 Å². The Morgan fingerprint density at radius 1 is 0.941 bits per heavy atom. The van der Waals surface area contributed by atoms with E-state index < -0.39 is 17.2 Å². The van der Waals surface area contributed by atoms with Crippen LogP contribution in [0.3, 0.4) is 0 Å². The summed E-state index contributed by atoms with van der Waals surface area (Å²) in [7, 11) is 0. The minimum absolute atomic E-state index is 0.123. The number of aromatic nitrogens is 2. The molecule has 0 atom stereocenters. The summed E-state index contributed by atoms with van der Waals surface area (Å²) in [4.78, 5) is 19.5. The number of benzene rings is 2. The number of unbranched alkanes of at least 4 members (excludes halogenated alkanes) is 1. The zero-order chi connectivity index (χ0) is 24.3. The lowest BCUT2D eigenvalue weighted by Crippen LogP contribution is -2.22. The first kappa shape index (κ1) is 26.0. The second-order valence-electron chi connectivity index (χ2n) is 8.02. The third-order valence-electron chi connectivity index (χ3n) is 5.34. The number of anilines is 1. The molecule has 10 heteroatoms. The zero-order valence-corrected chi connectivity index (χ0v) is 19.8. The number of hydrogen-bond donors (Lipinski definition) is 5. The molecule has 7 nitrogen and oxygen atoms in total. The highest BCUT2D eigenvalue weighted by Gasteiger charge is 2.13. The van der Waals surface area contributed by atoms with Gasteiger partial charge in [-0.05, 0) is 88.7 Å². The van der Waals surface area contributed by atoms with E-state index in [1.165, 1.54) is 24.3 Å². The second kappa shape index (κ2) is 13.3. The molecule has 0 saturated carbocycles. The van der Waals surface area contributed by atoms with Crippen molar-refractivity contribution in [3.8, 4) is 11.4 Å². The fraction of sp³-hybridized carbons (Fsp3) is 0.417. The van der Waals surface area contributed by atoms with Crippen LogP contribution in [0.25, 0.3) is 22.3 Å². The Morgan fingerprint density at radius 3 is 2.35 bits per heavy atom. The first-order chi connectivity index (χ1) is 16.5. The number of halogens is 3. The summed E-state index contributed by atoms with van der Waals surface area (Å²) in [6.07, 6.45) is 4.00. The van der Waals surface area contributed by atoms with Gasteiger partial charge in [0.15, 0.2) is 0 Å². The van der Waals surface area contributed by atoms with Crippen LogP contribution in [0.15, 0.2) is 35.1 Å². The molecule has 0 aliphatic rings. The molecule has 0 aliphatic carbocycles. The van der Waals surface area contributed by atoms with Crippen molar-refractivity contribution in [1.29, 1.82) is 0 Å². The van der Waals surface area contributed by atoms with Gasteiger partial charge in [0, 0.05) is 12.1 Å². The Bertz CT molecular complexity index is 1140. The molecule has 0 amide bonds. The molecule has 0 radical (unpaired) electrons. The largest absolute Gasteiger partial charge is 0.383 e. The van der Waals surface area contributed by atoms with Gasteiger partial charge in [-0.1, -0.05) is 11.6 Å². The van der Waals surface area contributed by atoms with Crippen molar-refractivity contribution >= 4 is 28.2 Å². The van der Waals surface area contributed by atoms with Crippen LogP contribution in [0.1, 0.15) is 25.7 Å². The van der Waals surface area contributed by atoms with Gasteiger partial charge in [-0.25, -0.2) is 13.8 Å². The van der Waals surface area contributed by atoms with Crippen molar-refractivity contribution in [3.63, 3.8) is 0 Å². The normalized spacial score (nSPS) is 11.3. The lowest BCUT2D eigenvalue weighted by atomic mass is 10.1.